The van der Waals surface area contributed by atoms with Crippen LogP contribution in [0, 0.1) is 0 Å². The molecule has 0 spiro atoms. The first kappa shape index (κ1) is 16.4. The smallest absolute Gasteiger partial charge is 0.263 e. The number of carbonyl (C=O) groups is 1. The summed E-state index contributed by atoms with van der Waals surface area (Å²) in [5, 5.41) is 20.6. The van der Waals surface area contributed by atoms with Gasteiger partial charge in [-0.05, 0) is 46.8 Å². The SMILES string of the molecule is O=C(COc1ccc(-n2cnnn2)cc1)Nc1cc(-c2ccncc2)[nH]n1. The number of nitrogens with zero attached hydrogens (tertiary/aromatic N) is 6. The van der Waals surface area contributed by atoms with Crippen molar-refractivity contribution in [1.29, 1.82) is 0 Å². The fourth-order valence-electron chi connectivity index (χ4n) is 2.37. The van der Waals surface area contributed by atoms with E-state index in [4.69, 9.17) is 4.74 Å². The lowest BCUT2D eigenvalue weighted by Gasteiger charge is -2.06. The van der Waals surface area contributed by atoms with Gasteiger partial charge in [0.2, 0.25) is 0 Å². The van der Waals surface area contributed by atoms with Crippen molar-refractivity contribution in [3.63, 3.8) is 0 Å². The molecule has 0 unspecified atom stereocenters. The standard InChI is InChI=1S/C17H14N8O2/c26-17(20-16-9-15(21-22-16)12-5-7-18-8-6-12)10-27-14-3-1-13(2-4-14)25-11-19-23-24-25/h1-9,11H,10H2,(H2,20,21,22,26). The molecule has 134 valence electrons. The fourth-order valence-corrected chi connectivity index (χ4v) is 2.37. The molecule has 27 heavy (non-hydrogen) atoms. The third-order valence-corrected chi connectivity index (χ3v) is 3.66. The number of amides is 1. The van der Waals surface area contributed by atoms with Crippen LogP contribution in [0.2, 0.25) is 0 Å². The minimum absolute atomic E-state index is 0.137. The number of hydrogen-bond donors (Lipinski definition) is 2. The van der Waals surface area contributed by atoms with Gasteiger partial charge in [-0.25, -0.2) is 4.68 Å². The summed E-state index contributed by atoms with van der Waals surface area (Å²) in [6, 6.07) is 12.5. The van der Waals surface area contributed by atoms with Gasteiger partial charge in [-0.1, -0.05) is 0 Å². The highest BCUT2D eigenvalue weighted by atomic mass is 16.5. The lowest BCUT2D eigenvalue weighted by molar-refractivity contribution is -0.118. The Hall–Kier alpha value is -4.08. The molecule has 0 fully saturated rings. The second-order valence-electron chi connectivity index (χ2n) is 5.49. The molecule has 0 aliphatic rings. The van der Waals surface area contributed by atoms with Gasteiger partial charge in [-0.2, -0.15) is 5.10 Å². The van der Waals surface area contributed by atoms with Crippen molar-refractivity contribution < 1.29 is 9.53 Å². The van der Waals surface area contributed by atoms with Gasteiger partial charge in [0.05, 0.1) is 11.4 Å². The Morgan fingerprint density at radius 1 is 1.15 bits per heavy atom. The predicted molar refractivity (Wildman–Crippen MR) is 95.1 cm³/mol. The number of tetrazole rings is 1. The number of pyridine rings is 1. The van der Waals surface area contributed by atoms with Crippen LogP contribution in [0.25, 0.3) is 16.9 Å². The average molecular weight is 362 g/mol. The number of nitrogens with one attached hydrogen (secondary N) is 2. The predicted octanol–water partition coefficient (Wildman–Crippen LogP) is 1.46. The van der Waals surface area contributed by atoms with E-state index < -0.39 is 0 Å². The second kappa shape index (κ2) is 7.44. The summed E-state index contributed by atoms with van der Waals surface area (Å²) in [4.78, 5) is 16.0. The number of H-pyrrole nitrogens is 1. The lowest BCUT2D eigenvalue weighted by atomic mass is 10.2. The zero-order chi connectivity index (χ0) is 18.5. The van der Waals surface area contributed by atoms with E-state index in [1.165, 1.54) is 11.0 Å². The van der Waals surface area contributed by atoms with Crippen LogP contribution in [0.1, 0.15) is 0 Å². The second-order valence-corrected chi connectivity index (χ2v) is 5.49. The third-order valence-electron chi connectivity index (χ3n) is 3.66. The molecule has 0 saturated carbocycles. The van der Waals surface area contributed by atoms with Gasteiger partial charge >= 0.3 is 0 Å². The summed E-state index contributed by atoms with van der Waals surface area (Å²) >= 11 is 0. The molecule has 0 atom stereocenters. The quantitative estimate of drug-likeness (QED) is 0.532. The first-order chi connectivity index (χ1) is 13.3. The van der Waals surface area contributed by atoms with Crippen molar-refractivity contribution in [2.45, 2.75) is 0 Å². The van der Waals surface area contributed by atoms with E-state index in [-0.39, 0.29) is 12.5 Å². The monoisotopic (exact) mass is 362 g/mol. The van der Waals surface area contributed by atoms with E-state index in [2.05, 4.69) is 36.0 Å². The molecule has 4 aromatic rings. The molecule has 10 heteroatoms. The molecule has 0 radical (unpaired) electrons. The van der Waals surface area contributed by atoms with Crippen LogP contribution in [0.4, 0.5) is 5.82 Å². The molecule has 4 rings (SSSR count). The Bertz CT molecular complexity index is 1010. The normalized spacial score (nSPS) is 10.5. The Morgan fingerprint density at radius 2 is 1.96 bits per heavy atom. The molecule has 2 N–H and O–H groups in total. The molecular formula is C17H14N8O2. The van der Waals surface area contributed by atoms with Gasteiger partial charge in [-0.3, -0.25) is 14.9 Å². The largest absolute Gasteiger partial charge is 0.484 e. The van der Waals surface area contributed by atoms with Crippen molar-refractivity contribution in [2.75, 3.05) is 11.9 Å². The summed E-state index contributed by atoms with van der Waals surface area (Å²) in [6.45, 7) is -0.137. The van der Waals surface area contributed by atoms with E-state index in [0.29, 0.717) is 11.6 Å². The van der Waals surface area contributed by atoms with Gasteiger partial charge in [-0.15, -0.1) is 5.10 Å². The molecule has 0 aliphatic heterocycles. The van der Waals surface area contributed by atoms with Gasteiger partial charge in [0.25, 0.3) is 5.91 Å². The number of aromatic amines is 1. The molecule has 3 heterocycles. The van der Waals surface area contributed by atoms with Crippen LogP contribution in [0.15, 0.2) is 61.2 Å². The summed E-state index contributed by atoms with van der Waals surface area (Å²) < 4.78 is 7.01. The maximum absolute atomic E-state index is 12.1. The number of anilines is 1. The van der Waals surface area contributed by atoms with Crippen molar-refractivity contribution in [1.82, 2.24) is 35.4 Å². The number of aromatic nitrogens is 7. The van der Waals surface area contributed by atoms with E-state index >= 15 is 0 Å². The number of hydrogen-bond acceptors (Lipinski definition) is 7. The highest BCUT2D eigenvalue weighted by Crippen LogP contribution is 2.18. The van der Waals surface area contributed by atoms with E-state index in [9.17, 15) is 4.79 Å². The van der Waals surface area contributed by atoms with E-state index in [0.717, 1.165) is 16.9 Å². The van der Waals surface area contributed by atoms with Crippen LogP contribution in [-0.4, -0.2) is 47.9 Å². The summed E-state index contributed by atoms with van der Waals surface area (Å²) in [7, 11) is 0. The zero-order valence-corrected chi connectivity index (χ0v) is 14.0. The van der Waals surface area contributed by atoms with Crippen LogP contribution < -0.4 is 10.1 Å². The van der Waals surface area contributed by atoms with E-state index in [1.807, 2.05) is 12.1 Å². The lowest BCUT2D eigenvalue weighted by Crippen LogP contribution is -2.20. The molecular weight excluding hydrogens is 348 g/mol. The zero-order valence-electron chi connectivity index (χ0n) is 14.0. The average Bonchev–Trinajstić information content (AvgIpc) is 3.40. The number of rotatable bonds is 6. The van der Waals surface area contributed by atoms with Crippen LogP contribution >= 0.6 is 0 Å². The minimum Gasteiger partial charge on any atom is -0.484 e. The number of carbonyl (C=O) groups excluding carboxylic acids is 1. The summed E-state index contributed by atoms with van der Waals surface area (Å²) in [6.07, 6.45) is 4.87. The Kier molecular flexibility index (Phi) is 4.51. The number of ether oxygens (including phenoxy) is 1. The maximum Gasteiger partial charge on any atom is 0.263 e. The molecule has 10 nitrogen and oxygen atoms in total. The molecule has 0 aliphatic carbocycles. The van der Waals surface area contributed by atoms with Gasteiger partial charge in [0, 0.05) is 24.0 Å². The fraction of sp³-hybridized carbons (Fsp3) is 0.0588. The van der Waals surface area contributed by atoms with Crippen LogP contribution in [0.3, 0.4) is 0 Å². The molecule has 3 aromatic heterocycles. The maximum atomic E-state index is 12.1. The van der Waals surface area contributed by atoms with Crippen LogP contribution in [0.5, 0.6) is 5.75 Å². The summed E-state index contributed by atoms with van der Waals surface area (Å²) in [5.41, 5.74) is 2.50. The van der Waals surface area contributed by atoms with Gasteiger partial charge < -0.3 is 10.1 Å². The van der Waals surface area contributed by atoms with Crippen molar-refractivity contribution in [3.05, 3.63) is 61.2 Å². The minimum atomic E-state index is -0.313. The van der Waals surface area contributed by atoms with Gasteiger partial charge in [0.1, 0.15) is 12.1 Å². The molecule has 0 bridgehead atoms. The van der Waals surface area contributed by atoms with Crippen molar-refractivity contribution >= 4 is 11.7 Å². The number of benzene rings is 1. The Balaban J connectivity index is 1.32. The van der Waals surface area contributed by atoms with E-state index in [1.54, 1.807) is 42.7 Å². The topological polar surface area (TPSA) is 124 Å². The summed E-state index contributed by atoms with van der Waals surface area (Å²) in [5.74, 6) is 0.665. The van der Waals surface area contributed by atoms with Gasteiger partial charge in [0.15, 0.2) is 12.4 Å². The molecule has 1 amide bonds. The first-order valence-electron chi connectivity index (χ1n) is 8.00. The highest BCUT2D eigenvalue weighted by molar-refractivity contribution is 5.91. The molecule has 0 saturated heterocycles. The molecule has 1 aromatic carbocycles. The van der Waals surface area contributed by atoms with Crippen LogP contribution in [-0.2, 0) is 4.79 Å². The Morgan fingerprint density at radius 3 is 2.70 bits per heavy atom. The third kappa shape index (κ3) is 3.95. The Labute approximate surface area is 153 Å². The first-order valence-corrected chi connectivity index (χ1v) is 8.00. The highest BCUT2D eigenvalue weighted by Gasteiger charge is 2.08. The van der Waals surface area contributed by atoms with Crippen molar-refractivity contribution in [2.24, 2.45) is 0 Å². The van der Waals surface area contributed by atoms with Crippen molar-refractivity contribution in [3.8, 4) is 22.7 Å².